The summed E-state index contributed by atoms with van der Waals surface area (Å²) < 4.78 is 5.46. The summed E-state index contributed by atoms with van der Waals surface area (Å²) in [4.78, 5) is 2.54. The molecule has 0 N–H and O–H groups in total. The molecule has 0 spiro atoms. The van der Waals surface area contributed by atoms with E-state index in [1.165, 1.54) is 27.8 Å². The molecule has 3 heteroatoms. The summed E-state index contributed by atoms with van der Waals surface area (Å²) in [5.74, 6) is 0.925. The molecular weight excluding hydrogens is 426 g/mol. The molecule has 1 aliphatic carbocycles. The van der Waals surface area contributed by atoms with E-state index in [1.807, 2.05) is 12.1 Å². The van der Waals surface area contributed by atoms with Gasteiger partial charge in [-0.2, -0.15) is 0 Å². The minimum atomic E-state index is 0. The summed E-state index contributed by atoms with van der Waals surface area (Å²) in [6.07, 6.45) is 11.2. The summed E-state index contributed by atoms with van der Waals surface area (Å²) in [6, 6.07) is 25.8. The van der Waals surface area contributed by atoms with Gasteiger partial charge in [0.2, 0.25) is 0 Å². The third kappa shape index (κ3) is 4.98. The van der Waals surface area contributed by atoms with Gasteiger partial charge in [-0.1, -0.05) is 96.6 Å². The minimum absolute atomic E-state index is 0. The molecule has 0 atom stereocenters. The molecule has 2 nitrogen and oxygen atoms in total. The third-order valence-corrected chi connectivity index (χ3v) is 6.52. The van der Waals surface area contributed by atoms with E-state index in [0.29, 0.717) is 0 Å². The molecule has 168 valence electrons. The Morgan fingerprint density at radius 3 is 2.00 bits per heavy atom. The number of piperidine rings is 1. The van der Waals surface area contributed by atoms with Crippen molar-refractivity contribution in [2.75, 3.05) is 26.7 Å². The van der Waals surface area contributed by atoms with Gasteiger partial charge in [-0.25, -0.2) is 0 Å². The summed E-state index contributed by atoms with van der Waals surface area (Å²) in [5, 5.41) is 0. The molecule has 1 heterocycles. The van der Waals surface area contributed by atoms with Crippen LogP contribution < -0.4 is 4.74 Å². The van der Waals surface area contributed by atoms with Gasteiger partial charge in [0, 0.05) is 25.2 Å². The number of benzene rings is 3. The van der Waals surface area contributed by atoms with E-state index in [9.17, 15) is 0 Å². The number of methoxy groups -OCH3 is 1. The average molecular weight is 456 g/mol. The van der Waals surface area contributed by atoms with Gasteiger partial charge in [0.25, 0.3) is 0 Å². The topological polar surface area (TPSA) is 12.5 Å². The zero-order valence-electron chi connectivity index (χ0n) is 19.0. The van der Waals surface area contributed by atoms with Crippen LogP contribution in [0.4, 0.5) is 0 Å². The van der Waals surface area contributed by atoms with E-state index in [1.54, 1.807) is 12.7 Å². The predicted octanol–water partition coefficient (Wildman–Crippen LogP) is 7.21. The maximum absolute atomic E-state index is 5.46. The highest BCUT2D eigenvalue weighted by atomic mass is 35.5. The van der Waals surface area contributed by atoms with E-state index < -0.39 is 0 Å². The van der Waals surface area contributed by atoms with Crippen LogP contribution in [0.25, 0.3) is 23.8 Å². The molecule has 1 fully saturated rings. The molecule has 0 saturated carbocycles. The van der Waals surface area contributed by atoms with Crippen molar-refractivity contribution in [1.29, 1.82) is 0 Å². The van der Waals surface area contributed by atoms with Crippen molar-refractivity contribution in [2.24, 2.45) is 0 Å². The summed E-state index contributed by atoms with van der Waals surface area (Å²) in [5.41, 5.74) is 9.53. The molecule has 3 aromatic rings. The van der Waals surface area contributed by atoms with Gasteiger partial charge in [0.1, 0.15) is 5.75 Å². The van der Waals surface area contributed by atoms with E-state index in [-0.39, 0.29) is 12.4 Å². The molecule has 5 rings (SSSR count). The van der Waals surface area contributed by atoms with Crippen LogP contribution in [0.15, 0.2) is 84.4 Å². The van der Waals surface area contributed by atoms with Crippen molar-refractivity contribution in [3.63, 3.8) is 0 Å². The van der Waals surface area contributed by atoms with E-state index in [2.05, 4.69) is 89.9 Å². The fourth-order valence-electron chi connectivity index (χ4n) is 4.83. The van der Waals surface area contributed by atoms with E-state index >= 15 is 0 Å². The first-order valence-corrected chi connectivity index (χ1v) is 11.4. The number of nitrogens with zero attached hydrogens (tertiary/aromatic N) is 1. The van der Waals surface area contributed by atoms with Crippen molar-refractivity contribution in [3.05, 3.63) is 112 Å². The van der Waals surface area contributed by atoms with Crippen molar-refractivity contribution in [3.8, 4) is 5.75 Å². The van der Waals surface area contributed by atoms with Crippen LogP contribution in [-0.4, -0.2) is 31.6 Å². The monoisotopic (exact) mass is 455 g/mol. The fraction of sp³-hybridized carbons (Fsp3) is 0.200. The zero-order valence-corrected chi connectivity index (χ0v) is 19.9. The van der Waals surface area contributed by atoms with Gasteiger partial charge in [-0.15, -0.1) is 12.4 Å². The van der Waals surface area contributed by atoms with Crippen molar-refractivity contribution in [2.45, 2.75) is 12.8 Å². The second-order valence-corrected chi connectivity index (χ2v) is 8.43. The van der Waals surface area contributed by atoms with Gasteiger partial charge in [0.15, 0.2) is 0 Å². The zero-order chi connectivity index (χ0) is 21.8. The Labute approximate surface area is 203 Å². The molecule has 0 bridgehead atoms. The van der Waals surface area contributed by atoms with Crippen molar-refractivity contribution >= 4 is 36.2 Å². The van der Waals surface area contributed by atoms with Crippen molar-refractivity contribution in [1.82, 2.24) is 4.90 Å². The van der Waals surface area contributed by atoms with Crippen LogP contribution in [0.1, 0.15) is 40.7 Å². The Balaban J connectivity index is 0.00000259. The van der Waals surface area contributed by atoms with Crippen LogP contribution in [0.5, 0.6) is 5.75 Å². The van der Waals surface area contributed by atoms with Crippen molar-refractivity contribution < 1.29 is 4.74 Å². The third-order valence-electron chi connectivity index (χ3n) is 6.52. The number of ether oxygens (including phenoxy) is 1. The van der Waals surface area contributed by atoms with Gasteiger partial charge in [-0.05, 0) is 46.7 Å². The molecular formula is C30H30ClNO. The maximum atomic E-state index is 5.46. The smallest absolute Gasteiger partial charge is 0.126 e. The lowest BCUT2D eigenvalue weighted by atomic mass is 9.86. The lowest BCUT2D eigenvalue weighted by Crippen LogP contribution is -2.31. The van der Waals surface area contributed by atoms with Gasteiger partial charge < -0.3 is 4.74 Å². The van der Waals surface area contributed by atoms with Crippen LogP contribution in [0.2, 0.25) is 0 Å². The first-order valence-electron chi connectivity index (χ1n) is 11.4. The van der Waals surface area contributed by atoms with E-state index in [4.69, 9.17) is 4.74 Å². The molecule has 0 radical (unpaired) electrons. The first-order chi connectivity index (χ1) is 15.8. The number of likely N-dealkylation sites (tertiary alicyclic amines) is 1. The maximum Gasteiger partial charge on any atom is 0.126 e. The number of hydrogen-bond donors (Lipinski definition) is 0. The highest BCUT2D eigenvalue weighted by Gasteiger charge is 2.22. The minimum Gasteiger partial charge on any atom is -0.496 e. The SMILES string of the molecule is COc1ccccc1C=CCN1CCC(=C2c3ccccc3C=Cc3ccccc32)CC1.Cl. The Morgan fingerprint density at radius 2 is 1.36 bits per heavy atom. The second kappa shape index (κ2) is 10.7. The standard InChI is InChI=1S/C30H29NO.ClH/c1-32-29-15-7-4-11-25(29)12-8-20-31-21-18-26(19-22-31)30-27-13-5-2-9-23(27)16-17-24-10-3-6-14-28(24)30;/h2-17H,18-22H2,1H3;1H. The highest BCUT2D eigenvalue weighted by Crippen LogP contribution is 2.38. The molecule has 0 unspecified atom stereocenters. The summed E-state index contributed by atoms with van der Waals surface area (Å²) in [7, 11) is 1.73. The van der Waals surface area contributed by atoms with Gasteiger partial charge in [-0.3, -0.25) is 4.90 Å². The van der Waals surface area contributed by atoms with Gasteiger partial charge in [0.05, 0.1) is 7.11 Å². The lowest BCUT2D eigenvalue weighted by Gasteiger charge is -2.29. The second-order valence-electron chi connectivity index (χ2n) is 8.43. The molecule has 1 aliphatic heterocycles. The number of hydrogen-bond acceptors (Lipinski definition) is 2. The predicted molar refractivity (Wildman–Crippen MR) is 143 cm³/mol. The fourth-order valence-corrected chi connectivity index (χ4v) is 4.83. The molecule has 33 heavy (non-hydrogen) atoms. The lowest BCUT2D eigenvalue weighted by molar-refractivity contribution is 0.284. The van der Waals surface area contributed by atoms with Gasteiger partial charge >= 0.3 is 0 Å². The number of fused-ring (bicyclic) bond motifs is 2. The molecule has 2 aliphatic rings. The Hall–Kier alpha value is -3.07. The molecule has 3 aromatic carbocycles. The quantitative estimate of drug-likeness (QED) is 0.322. The Kier molecular flexibility index (Phi) is 7.49. The number of para-hydroxylation sites is 1. The van der Waals surface area contributed by atoms with Crippen LogP contribution in [-0.2, 0) is 0 Å². The summed E-state index contributed by atoms with van der Waals surface area (Å²) >= 11 is 0. The normalized spacial score (nSPS) is 15.5. The molecule has 0 amide bonds. The van der Waals surface area contributed by atoms with Crippen LogP contribution in [0, 0.1) is 0 Å². The first kappa shape index (κ1) is 23.1. The largest absolute Gasteiger partial charge is 0.496 e. The Morgan fingerprint density at radius 1 is 0.788 bits per heavy atom. The summed E-state index contributed by atoms with van der Waals surface area (Å²) in [6.45, 7) is 3.15. The van der Waals surface area contributed by atoms with E-state index in [0.717, 1.165) is 43.8 Å². The van der Waals surface area contributed by atoms with Crippen LogP contribution >= 0.6 is 12.4 Å². The highest BCUT2D eigenvalue weighted by molar-refractivity contribution is 5.94. The average Bonchev–Trinajstić information content (AvgIpc) is 3.02. The van der Waals surface area contributed by atoms with Crippen LogP contribution in [0.3, 0.4) is 0 Å². The number of rotatable bonds is 4. The molecule has 0 aromatic heterocycles. The Bertz CT molecular complexity index is 1150. The number of halogens is 1. The molecule has 1 saturated heterocycles.